The lowest BCUT2D eigenvalue weighted by Crippen LogP contribution is -2.41. The Morgan fingerprint density at radius 2 is 1.93 bits per heavy atom. The monoisotopic (exact) mass is 204 g/mol. The van der Waals surface area contributed by atoms with E-state index in [0.29, 0.717) is 16.2 Å². The minimum Gasteiger partial charge on any atom is -0.0788 e. The Labute approximate surface area is 94.1 Å². The highest BCUT2D eigenvalue weighted by molar-refractivity contribution is 5.37. The Balaban J connectivity index is 2.23. The van der Waals surface area contributed by atoms with Crippen molar-refractivity contribution >= 4 is 0 Å². The molecule has 3 aliphatic rings. The fraction of sp³-hybridized carbons (Fsp3) is 0.867. The van der Waals surface area contributed by atoms with Crippen molar-refractivity contribution in [2.24, 2.45) is 22.2 Å². The third-order valence-electron chi connectivity index (χ3n) is 6.39. The summed E-state index contributed by atoms with van der Waals surface area (Å²) in [5, 5.41) is 0. The van der Waals surface area contributed by atoms with Gasteiger partial charge in [0.15, 0.2) is 0 Å². The molecule has 0 aromatic rings. The van der Waals surface area contributed by atoms with Crippen LogP contribution in [0.15, 0.2) is 11.6 Å². The van der Waals surface area contributed by atoms with Gasteiger partial charge >= 0.3 is 0 Å². The Kier molecular flexibility index (Phi) is 1.67. The van der Waals surface area contributed by atoms with Gasteiger partial charge in [0, 0.05) is 0 Å². The van der Waals surface area contributed by atoms with Crippen molar-refractivity contribution < 1.29 is 0 Å². The van der Waals surface area contributed by atoms with Gasteiger partial charge in [0.1, 0.15) is 0 Å². The van der Waals surface area contributed by atoms with Gasteiger partial charge in [0.05, 0.1) is 0 Å². The molecule has 0 spiro atoms. The van der Waals surface area contributed by atoms with Crippen LogP contribution >= 0.6 is 0 Å². The molecule has 3 rings (SSSR count). The minimum atomic E-state index is 0.457. The molecular weight excluding hydrogens is 180 g/mol. The Hall–Kier alpha value is -0.260. The number of allylic oxidation sites excluding steroid dienone is 2. The maximum Gasteiger partial charge on any atom is -0.0000595 e. The molecule has 2 saturated carbocycles. The van der Waals surface area contributed by atoms with Crippen molar-refractivity contribution in [2.45, 2.75) is 59.8 Å². The summed E-state index contributed by atoms with van der Waals surface area (Å²) in [5.41, 5.74) is 3.44. The summed E-state index contributed by atoms with van der Waals surface area (Å²) in [6.45, 7) is 9.89. The van der Waals surface area contributed by atoms with Crippen LogP contribution in [-0.4, -0.2) is 0 Å². The third-order valence-corrected chi connectivity index (χ3v) is 6.39. The second kappa shape index (κ2) is 2.52. The highest BCUT2D eigenvalue weighted by Crippen LogP contribution is 2.77. The largest absolute Gasteiger partial charge is 0.0788 e. The molecule has 15 heavy (non-hydrogen) atoms. The zero-order valence-corrected chi connectivity index (χ0v) is 10.7. The van der Waals surface area contributed by atoms with E-state index in [1.54, 1.807) is 5.57 Å². The van der Waals surface area contributed by atoms with Gasteiger partial charge in [-0.05, 0) is 54.8 Å². The van der Waals surface area contributed by atoms with E-state index in [4.69, 9.17) is 0 Å². The van der Waals surface area contributed by atoms with E-state index in [9.17, 15) is 0 Å². The lowest BCUT2D eigenvalue weighted by atomic mass is 9.57. The lowest BCUT2D eigenvalue weighted by Gasteiger charge is -2.46. The average molecular weight is 204 g/mol. The summed E-state index contributed by atoms with van der Waals surface area (Å²) >= 11 is 0. The first-order valence-electron chi connectivity index (χ1n) is 6.66. The predicted octanol–water partition coefficient (Wildman–Crippen LogP) is 4.56. The molecule has 0 aromatic carbocycles. The second-order valence-corrected chi connectivity index (χ2v) is 6.90. The summed E-state index contributed by atoms with van der Waals surface area (Å²) in [7, 11) is 0. The zero-order valence-electron chi connectivity index (χ0n) is 10.7. The van der Waals surface area contributed by atoms with Crippen LogP contribution in [0.2, 0.25) is 0 Å². The molecule has 84 valence electrons. The molecule has 0 heteroatoms. The normalized spacial score (nSPS) is 51.5. The van der Waals surface area contributed by atoms with Crippen LogP contribution in [0.3, 0.4) is 0 Å². The maximum absolute atomic E-state index is 2.61. The lowest BCUT2D eigenvalue weighted by molar-refractivity contribution is 0.0447. The number of rotatable bonds is 0. The average Bonchev–Trinajstić information content (AvgIpc) is 2.68. The standard InChI is InChI=1S/C15H24/c1-11-6-9-14-7-5-8-15(11,14)12(2)10-13(14,3)4/h10-11H,5-9H2,1-4H3/t11-,14+,15-/m0/s1. The van der Waals surface area contributed by atoms with Gasteiger partial charge in [0.2, 0.25) is 0 Å². The third kappa shape index (κ3) is 0.797. The van der Waals surface area contributed by atoms with E-state index in [1.165, 1.54) is 32.1 Å². The smallest absolute Gasteiger partial charge is 0.0000595 e. The predicted molar refractivity (Wildman–Crippen MR) is 64.7 cm³/mol. The van der Waals surface area contributed by atoms with Crippen molar-refractivity contribution in [3.63, 3.8) is 0 Å². The van der Waals surface area contributed by atoms with Crippen LogP contribution in [0.25, 0.3) is 0 Å². The Bertz CT molecular complexity index is 336. The first kappa shape index (κ1) is 9.93. The molecule has 0 N–H and O–H groups in total. The molecule has 0 radical (unpaired) electrons. The van der Waals surface area contributed by atoms with E-state index in [1.807, 2.05) is 0 Å². The molecule has 3 aliphatic carbocycles. The Morgan fingerprint density at radius 3 is 2.60 bits per heavy atom. The SMILES string of the molecule is CC1=CC(C)(C)[C@]23CCC[C@]12[C@@H](C)CC3. The van der Waals surface area contributed by atoms with Crippen LogP contribution in [0.5, 0.6) is 0 Å². The molecular formula is C15H24. The Morgan fingerprint density at radius 1 is 1.20 bits per heavy atom. The highest BCUT2D eigenvalue weighted by atomic mass is 14.7. The molecule has 2 fully saturated rings. The maximum atomic E-state index is 2.61. The molecule has 0 nitrogen and oxygen atoms in total. The van der Waals surface area contributed by atoms with Crippen LogP contribution in [0.1, 0.15) is 59.8 Å². The molecule has 0 unspecified atom stereocenters. The van der Waals surface area contributed by atoms with E-state index >= 15 is 0 Å². The summed E-state index contributed by atoms with van der Waals surface area (Å²) in [5.74, 6) is 0.929. The van der Waals surface area contributed by atoms with Gasteiger partial charge in [-0.15, -0.1) is 0 Å². The van der Waals surface area contributed by atoms with E-state index in [-0.39, 0.29) is 0 Å². The first-order chi connectivity index (χ1) is 6.96. The van der Waals surface area contributed by atoms with Crippen LogP contribution in [0, 0.1) is 22.2 Å². The van der Waals surface area contributed by atoms with Crippen LogP contribution in [0.4, 0.5) is 0 Å². The van der Waals surface area contributed by atoms with Crippen LogP contribution < -0.4 is 0 Å². The van der Waals surface area contributed by atoms with Gasteiger partial charge < -0.3 is 0 Å². The topological polar surface area (TPSA) is 0 Å². The molecule has 0 aliphatic heterocycles. The summed E-state index contributed by atoms with van der Waals surface area (Å²) in [6, 6.07) is 0. The molecule has 0 heterocycles. The van der Waals surface area contributed by atoms with Gasteiger partial charge in [-0.3, -0.25) is 0 Å². The summed E-state index contributed by atoms with van der Waals surface area (Å²) < 4.78 is 0. The van der Waals surface area contributed by atoms with E-state index < -0.39 is 0 Å². The second-order valence-electron chi connectivity index (χ2n) is 6.90. The zero-order chi connectivity index (χ0) is 10.9. The summed E-state index contributed by atoms with van der Waals surface area (Å²) in [4.78, 5) is 0. The van der Waals surface area contributed by atoms with Crippen molar-refractivity contribution in [1.29, 1.82) is 0 Å². The first-order valence-corrected chi connectivity index (χ1v) is 6.66. The summed E-state index contributed by atoms with van der Waals surface area (Å²) in [6.07, 6.45) is 9.99. The molecule has 0 aromatic heterocycles. The van der Waals surface area contributed by atoms with Crippen molar-refractivity contribution in [3.05, 3.63) is 11.6 Å². The molecule has 0 amide bonds. The van der Waals surface area contributed by atoms with Gasteiger partial charge in [-0.1, -0.05) is 38.8 Å². The van der Waals surface area contributed by atoms with Gasteiger partial charge in [0.25, 0.3) is 0 Å². The van der Waals surface area contributed by atoms with Crippen molar-refractivity contribution in [2.75, 3.05) is 0 Å². The quantitative estimate of drug-likeness (QED) is 0.507. The number of hydrogen-bond acceptors (Lipinski definition) is 0. The fourth-order valence-corrected chi connectivity index (χ4v) is 5.90. The molecule has 3 atom stereocenters. The van der Waals surface area contributed by atoms with Crippen LogP contribution in [-0.2, 0) is 0 Å². The van der Waals surface area contributed by atoms with E-state index in [0.717, 1.165) is 5.92 Å². The fourth-order valence-electron chi connectivity index (χ4n) is 5.90. The minimum absolute atomic E-state index is 0.457. The van der Waals surface area contributed by atoms with Crippen molar-refractivity contribution in [1.82, 2.24) is 0 Å². The molecule has 0 bridgehead atoms. The molecule has 0 saturated heterocycles. The highest BCUT2D eigenvalue weighted by Gasteiger charge is 2.69. The van der Waals surface area contributed by atoms with E-state index in [2.05, 4.69) is 33.8 Å². The van der Waals surface area contributed by atoms with Gasteiger partial charge in [-0.25, -0.2) is 0 Å². The van der Waals surface area contributed by atoms with Gasteiger partial charge in [-0.2, -0.15) is 0 Å². The number of hydrogen-bond donors (Lipinski definition) is 0. The van der Waals surface area contributed by atoms with Crippen molar-refractivity contribution in [3.8, 4) is 0 Å².